The van der Waals surface area contributed by atoms with E-state index in [1.807, 2.05) is 12.1 Å². The van der Waals surface area contributed by atoms with Gasteiger partial charge in [0.25, 0.3) is 0 Å². The van der Waals surface area contributed by atoms with Gasteiger partial charge in [-0.2, -0.15) is 5.26 Å². The van der Waals surface area contributed by atoms with Crippen LogP contribution in [0.25, 0.3) is 0 Å². The molecule has 1 aliphatic rings. The average Bonchev–Trinajstić information content (AvgIpc) is 2.44. The van der Waals surface area contributed by atoms with E-state index in [-0.39, 0.29) is 0 Å². The van der Waals surface area contributed by atoms with Crippen molar-refractivity contribution in [1.82, 2.24) is 0 Å². The van der Waals surface area contributed by atoms with Gasteiger partial charge in [-0.15, -0.1) is 0 Å². The maximum absolute atomic E-state index is 8.95. The summed E-state index contributed by atoms with van der Waals surface area (Å²) in [6.07, 6.45) is 2.17. The van der Waals surface area contributed by atoms with Crippen LogP contribution in [-0.4, -0.2) is 6.04 Å². The summed E-state index contributed by atoms with van der Waals surface area (Å²) in [6.45, 7) is 0. The van der Waals surface area contributed by atoms with Crippen LogP contribution in [0.2, 0.25) is 5.02 Å². The lowest BCUT2D eigenvalue weighted by atomic mass is 9.76. The highest BCUT2D eigenvalue weighted by molar-refractivity contribution is 9.10. The van der Waals surface area contributed by atoms with E-state index in [0.717, 1.165) is 23.0 Å². The second-order valence-electron chi connectivity index (χ2n) is 5.37. The molecule has 1 saturated carbocycles. The number of nitriles is 1. The molecule has 21 heavy (non-hydrogen) atoms. The summed E-state index contributed by atoms with van der Waals surface area (Å²) >= 11 is 9.69. The van der Waals surface area contributed by atoms with Gasteiger partial charge in [0.05, 0.1) is 22.3 Å². The summed E-state index contributed by atoms with van der Waals surface area (Å²) in [5.41, 5.74) is 2.86. The van der Waals surface area contributed by atoms with Gasteiger partial charge in [-0.05, 0) is 54.7 Å². The molecule has 0 aromatic heterocycles. The largest absolute Gasteiger partial charge is 0.381 e. The molecular weight excluding hydrogens is 348 g/mol. The molecule has 1 N–H and O–H groups in total. The van der Waals surface area contributed by atoms with Crippen molar-refractivity contribution in [2.24, 2.45) is 0 Å². The van der Waals surface area contributed by atoms with E-state index in [9.17, 15) is 0 Å². The van der Waals surface area contributed by atoms with E-state index >= 15 is 0 Å². The minimum atomic E-state index is 0.417. The van der Waals surface area contributed by atoms with Crippen molar-refractivity contribution in [3.63, 3.8) is 0 Å². The second-order valence-corrected chi connectivity index (χ2v) is 6.69. The van der Waals surface area contributed by atoms with Crippen molar-refractivity contribution in [2.75, 3.05) is 5.32 Å². The molecule has 0 spiro atoms. The smallest absolute Gasteiger partial charge is 0.0992 e. The number of nitrogens with one attached hydrogen (secondary N) is 1. The molecule has 0 radical (unpaired) electrons. The Labute approximate surface area is 137 Å². The third-order valence-corrected chi connectivity index (χ3v) is 4.74. The topological polar surface area (TPSA) is 35.8 Å². The molecule has 3 rings (SSSR count). The fraction of sp³-hybridized carbons (Fsp3) is 0.235. The van der Waals surface area contributed by atoms with E-state index in [4.69, 9.17) is 16.9 Å². The van der Waals surface area contributed by atoms with Gasteiger partial charge < -0.3 is 5.32 Å². The fourth-order valence-electron chi connectivity index (χ4n) is 2.69. The van der Waals surface area contributed by atoms with Gasteiger partial charge in [0.2, 0.25) is 0 Å². The van der Waals surface area contributed by atoms with Crippen molar-refractivity contribution in [2.45, 2.75) is 24.8 Å². The lowest BCUT2D eigenvalue weighted by Gasteiger charge is -2.37. The zero-order chi connectivity index (χ0) is 14.8. The van der Waals surface area contributed by atoms with Crippen LogP contribution < -0.4 is 5.32 Å². The maximum Gasteiger partial charge on any atom is 0.0992 e. The van der Waals surface area contributed by atoms with Crippen LogP contribution in [0, 0.1) is 11.3 Å². The van der Waals surface area contributed by atoms with Crippen LogP contribution in [0.15, 0.2) is 46.9 Å². The van der Waals surface area contributed by atoms with Gasteiger partial charge in [0, 0.05) is 10.5 Å². The Morgan fingerprint density at radius 2 is 2.00 bits per heavy atom. The molecule has 0 bridgehead atoms. The van der Waals surface area contributed by atoms with E-state index in [1.165, 1.54) is 5.56 Å². The van der Waals surface area contributed by atoms with Crippen molar-refractivity contribution in [1.29, 1.82) is 5.26 Å². The van der Waals surface area contributed by atoms with Gasteiger partial charge in [-0.25, -0.2) is 0 Å². The Bertz CT molecular complexity index is 702. The first kappa shape index (κ1) is 14.4. The normalized spacial score (nSPS) is 20.4. The van der Waals surface area contributed by atoms with Gasteiger partial charge in [0.15, 0.2) is 0 Å². The number of anilines is 1. The van der Waals surface area contributed by atoms with Crippen LogP contribution in [0.1, 0.15) is 29.9 Å². The molecule has 2 aromatic rings. The molecular formula is C17H14BrClN2. The van der Waals surface area contributed by atoms with Crippen molar-refractivity contribution in [3.8, 4) is 6.07 Å². The lowest BCUT2D eigenvalue weighted by Crippen LogP contribution is -2.34. The predicted octanol–water partition coefficient (Wildman–Crippen LogP) is 5.33. The summed E-state index contributed by atoms with van der Waals surface area (Å²) in [5, 5.41) is 13.1. The SMILES string of the molecule is N#Cc1ccc(Cl)c(NC2CC(c3cccc(Br)c3)C2)c1. The molecule has 2 aromatic carbocycles. The molecule has 1 fully saturated rings. The van der Waals surface area contributed by atoms with Gasteiger partial charge in [0.1, 0.15) is 0 Å². The van der Waals surface area contributed by atoms with E-state index in [1.54, 1.807) is 12.1 Å². The fourth-order valence-corrected chi connectivity index (χ4v) is 3.28. The number of hydrogen-bond donors (Lipinski definition) is 1. The van der Waals surface area contributed by atoms with Gasteiger partial charge in [-0.3, -0.25) is 0 Å². The minimum absolute atomic E-state index is 0.417. The number of rotatable bonds is 3. The van der Waals surface area contributed by atoms with Crippen LogP contribution in [-0.2, 0) is 0 Å². The third-order valence-electron chi connectivity index (χ3n) is 3.91. The lowest BCUT2D eigenvalue weighted by molar-refractivity contribution is 0.374. The van der Waals surface area contributed by atoms with Crippen molar-refractivity contribution < 1.29 is 0 Å². The number of hydrogen-bond acceptors (Lipinski definition) is 2. The second kappa shape index (κ2) is 6.09. The minimum Gasteiger partial charge on any atom is -0.381 e. The van der Waals surface area contributed by atoms with E-state index < -0.39 is 0 Å². The molecule has 2 nitrogen and oxygen atoms in total. The first-order chi connectivity index (χ1) is 10.2. The highest BCUT2D eigenvalue weighted by atomic mass is 79.9. The first-order valence-electron chi connectivity index (χ1n) is 6.87. The van der Waals surface area contributed by atoms with Crippen LogP contribution in [0.3, 0.4) is 0 Å². The zero-order valence-corrected chi connectivity index (χ0v) is 13.7. The summed E-state index contributed by atoms with van der Waals surface area (Å²) in [6, 6.07) is 16.4. The summed E-state index contributed by atoms with van der Waals surface area (Å²) < 4.78 is 1.13. The van der Waals surface area contributed by atoms with Gasteiger partial charge >= 0.3 is 0 Å². The molecule has 4 heteroatoms. The Morgan fingerprint density at radius 1 is 1.19 bits per heavy atom. The molecule has 106 valence electrons. The van der Waals surface area contributed by atoms with Crippen LogP contribution >= 0.6 is 27.5 Å². The predicted molar refractivity (Wildman–Crippen MR) is 89.7 cm³/mol. The quantitative estimate of drug-likeness (QED) is 0.801. The molecule has 0 unspecified atom stereocenters. The van der Waals surface area contributed by atoms with Gasteiger partial charge in [-0.1, -0.05) is 39.7 Å². The molecule has 0 saturated heterocycles. The molecule has 0 aliphatic heterocycles. The molecule has 0 atom stereocenters. The van der Waals surface area contributed by atoms with Crippen molar-refractivity contribution >= 4 is 33.2 Å². The van der Waals surface area contributed by atoms with E-state index in [0.29, 0.717) is 22.5 Å². The Morgan fingerprint density at radius 3 is 2.71 bits per heavy atom. The maximum atomic E-state index is 8.95. The van der Waals surface area contributed by atoms with Crippen LogP contribution in [0.4, 0.5) is 5.69 Å². The van der Waals surface area contributed by atoms with Crippen LogP contribution in [0.5, 0.6) is 0 Å². The zero-order valence-electron chi connectivity index (χ0n) is 11.3. The Kier molecular flexibility index (Phi) is 4.19. The first-order valence-corrected chi connectivity index (χ1v) is 8.04. The summed E-state index contributed by atoms with van der Waals surface area (Å²) in [5.74, 6) is 0.595. The number of halogens is 2. The highest BCUT2D eigenvalue weighted by Gasteiger charge is 2.30. The third kappa shape index (κ3) is 3.23. The highest BCUT2D eigenvalue weighted by Crippen LogP contribution is 2.40. The summed E-state index contributed by atoms with van der Waals surface area (Å²) in [7, 11) is 0. The Balaban J connectivity index is 1.64. The van der Waals surface area contributed by atoms with E-state index in [2.05, 4.69) is 45.5 Å². The summed E-state index contributed by atoms with van der Waals surface area (Å²) in [4.78, 5) is 0. The monoisotopic (exact) mass is 360 g/mol. The standard InChI is InChI=1S/C17H14BrClN2/c18-14-3-1-2-12(7-14)13-8-15(9-13)21-17-6-11(10-20)4-5-16(17)19/h1-7,13,15,21H,8-9H2. The van der Waals surface area contributed by atoms with Crippen molar-refractivity contribution in [3.05, 3.63) is 63.1 Å². The average molecular weight is 362 g/mol. The number of nitrogens with zero attached hydrogens (tertiary/aromatic N) is 1. The molecule has 0 amide bonds. The Hall–Kier alpha value is -1.50. The number of benzene rings is 2. The molecule has 1 aliphatic carbocycles. The molecule has 0 heterocycles.